The third-order valence-electron chi connectivity index (χ3n) is 3.02. The molecule has 0 aromatic rings. The molecule has 0 amide bonds. The van der Waals surface area contributed by atoms with E-state index in [9.17, 15) is 0 Å². The maximum Gasteiger partial charge on any atom is 0.0158 e. The monoisotopic (exact) mass is 201 g/mol. The predicted molar refractivity (Wildman–Crippen MR) is 62.2 cm³/mol. The van der Waals surface area contributed by atoms with Gasteiger partial charge in [-0.1, -0.05) is 32.6 Å². The summed E-state index contributed by atoms with van der Waals surface area (Å²) >= 11 is 1.99. The minimum absolute atomic E-state index is 0.461. The lowest BCUT2D eigenvalue weighted by Gasteiger charge is -2.21. The van der Waals surface area contributed by atoms with Crippen LogP contribution in [0, 0.1) is 5.92 Å². The third-order valence-corrected chi connectivity index (χ3v) is 4.05. The quantitative estimate of drug-likeness (QED) is 0.708. The van der Waals surface area contributed by atoms with Gasteiger partial charge in [-0.15, -0.1) is 0 Å². The van der Waals surface area contributed by atoms with Gasteiger partial charge in [-0.3, -0.25) is 0 Å². The fourth-order valence-electron chi connectivity index (χ4n) is 2.13. The average molecular weight is 201 g/mol. The zero-order valence-electron chi connectivity index (χ0n) is 8.80. The fourth-order valence-corrected chi connectivity index (χ4v) is 2.91. The molecule has 1 nitrogen and oxygen atoms in total. The molecule has 1 saturated carbocycles. The highest BCUT2D eigenvalue weighted by Gasteiger charge is 2.18. The van der Waals surface area contributed by atoms with E-state index in [2.05, 4.69) is 6.92 Å². The van der Waals surface area contributed by atoms with E-state index in [-0.39, 0.29) is 0 Å². The van der Waals surface area contributed by atoms with E-state index in [1.54, 1.807) is 0 Å². The second-order valence-corrected chi connectivity index (χ2v) is 5.39. The van der Waals surface area contributed by atoms with Gasteiger partial charge in [0.05, 0.1) is 0 Å². The summed E-state index contributed by atoms with van der Waals surface area (Å²) in [4.78, 5) is 0. The van der Waals surface area contributed by atoms with Gasteiger partial charge < -0.3 is 5.73 Å². The van der Waals surface area contributed by atoms with Crippen molar-refractivity contribution in [1.82, 2.24) is 0 Å². The van der Waals surface area contributed by atoms with Crippen molar-refractivity contribution in [1.29, 1.82) is 0 Å². The lowest BCUT2D eigenvalue weighted by Crippen LogP contribution is -2.32. The topological polar surface area (TPSA) is 26.0 Å². The van der Waals surface area contributed by atoms with Gasteiger partial charge >= 0.3 is 0 Å². The van der Waals surface area contributed by atoms with Crippen LogP contribution < -0.4 is 5.73 Å². The Labute approximate surface area is 86.8 Å². The van der Waals surface area contributed by atoms with Crippen molar-refractivity contribution < 1.29 is 0 Å². The predicted octanol–water partition coefficient (Wildman–Crippen LogP) is 3.04. The van der Waals surface area contributed by atoms with Crippen LogP contribution in [0.3, 0.4) is 0 Å². The summed E-state index contributed by atoms with van der Waals surface area (Å²) in [5.74, 6) is 3.20. The molecule has 0 spiro atoms. The van der Waals surface area contributed by atoms with Crippen molar-refractivity contribution in [3.8, 4) is 0 Å². The number of hydrogen-bond donors (Lipinski definition) is 1. The van der Waals surface area contributed by atoms with Crippen LogP contribution in [0.1, 0.15) is 45.4 Å². The summed E-state index contributed by atoms with van der Waals surface area (Å²) in [6.45, 7) is 2.21. The van der Waals surface area contributed by atoms with E-state index >= 15 is 0 Å². The summed E-state index contributed by atoms with van der Waals surface area (Å²) in [5.41, 5.74) is 6.18. The SMILES string of the molecule is CCSCC(N)C1CCCCCC1. The smallest absolute Gasteiger partial charge is 0.0158 e. The Morgan fingerprint density at radius 1 is 1.23 bits per heavy atom. The minimum Gasteiger partial charge on any atom is -0.327 e. The average Bonchev–Trinajstić information content (AvgIpc) is 2.42. The number of nitrogens with two attached hydrogens (primary N) is 1. The first-order chi connectivity index (χ1) is 6.34. The molecular weight excluding hydrogens is 178 g/mol. The van der Waals surface area contributed by atoms with Crippen LogP contribution in [0.25, 0.3) is 0 Å². The molecule has 1 fully saturated rings. The van der Waals surface area contributed by atoms with Crippen molar-refractivity contribution in [2.75, 3.05) is 11.5 Å². The van der Waals surface area contributed by atoms with Gasteiger partial charge in [-0.25, -0.2) is 0 Å². The zero-order chi connectivity index (χ0) is 9.52. The third kappa shape index (κ3) is 4.37. The maximum atomic E-state index is 6.18. The molecule has 0 radical (unpaired) electrons. The first kappa shape index (κ1) is 11.4. The molecule has 0 aromatic carbocycles. The lowest BCUT2D eigenvalue weighted by molar-refractivity contribution is 0.397. The second kappa shape index (κ2) is 6.72. The van der Waals surface area contributed by atoms with E-state index in [1.165, 1.54) is 50.0 Å². The van der Waals surface area contributed by atoms with Crippen molar-refractivity contribution in [3.63, 3.8) is 0 Å². The molecule has 1 aliphatic rings. The highest BCUT2D eigenvalue weighted by Crippen LogP contribution is 2.25. The largest absolute Gasteiger partial charge is 0.327 e. The van der Waals surface area contributed by atoms with Crippen LogP contribution in [0.5, 0.6) is 0 Å². The summed E-state index contributed by atoms with van der Waals surface area (Å²) in [6.07, 6.45) is 8.45. The van der Waals surface area contributed by atoms with Crippen molar-refractivity contribution >= 4 is 11.8 Å². The standard InChI is InChI=1S/C11H23NS/c1-2-13-9-11(12)10-7-5-3-4-6-8-10/h10-11H,2-9,12H2,1H3. The number of hydrogen-bond acceptors (Lipinski definition) is 2. The van der Waals surface area contributed by atoms with Crippen molar-refractivity contribution in [2.45, 2.75) is 51.5 Å². The van der Waals surface area contributed by atoms with Crippen LogP contribution in [0.2, 0.25) is 0 Å². The molecule has 0 aromatic heterocycles. The number of rotatable bonds is 4. The molecule has 1 atom stereocenters. The Balaban J connectivity index is 2.22. The first-order valence-corrected chi connectivity index (χ1v) is 6.83. The molecule has 1 unspecified atom stereocenters. The summed E-state index contributed by atoms with van der Waals surface area (Å²) in [7, 11) is 0. The Morgan fingerprint density at radius 2 is 1.85 bits per heavy atom. The molecule has 0 saturated heterocycles. The molecule has 78 valence electrons. The lowest BCUT2D eigenvalue weighted by atomic mass is 9.94. The Bertz CT molecular complexity index is 119. The van der Waals surface area contributed by atoms with E-state index in [0.717, 1.165) is 5.92 Å². The van der Waals surface area contributed by atoms with Gasteiger partial charge in [-0.05, 0) is 24.5 Å². The van der Waals surface area contributed by atoms with E-state index in [1.807, 2.05) is 11.8 Å². The first-order valence-electron chi connectivity index (χ1n) is 5.68. The van der Waals surface area contributed by atoms with Crippen LogP contribution in [-0.2, 0) is 0 Å². The van der Waals surface area contributed by atoms with Crippen LogP contribution >= 0.6 is 11.8 Å². The van der Waals surface area contributed by atoms with E-state index in [0.29, 0.717) is 6.04 Å². The van der Waals surface area contributed by atoms with Crippen LogP contribution in [0.4, 0.5) is 0 Å². The van der Waals surface area contributed by atoms with E-state index in [4.69, 9.17) is 5.73 Å². The van der Waals surface area contributed by atoms with Crippen molar-refractivity contribution in [2.24, 2.45) is 11.7 Å². The molecule has 2 N–H and O–H groups in total. The highest BCUT2D eigenvalue weighted by molar-refractivity contribution is 7.99. The summed E-state index contributed by atoms with van der Waals surface area (Å²) in [6, 6.07) is 0.461. The van der Waals surface area contributed by atoms with Crippen LogP contribution in [-0.4, -0.2) is 17.5 Å². The molecule has 2 heteroatoms. The minimum atomic E-state index is 0.461. The molecule has 0 aliphatic heterocycles. The molecule has 0 bridgehead atoms. The molecule has 13 heavy (non-hydrogen) atoms. The number of thioether (sulfide) groups is 1. The van der Waals surface area contributed by atoms with Gasteiger partial charge in [0.15, 0.2) is 0 Å². The van der Waals surface area contributed by atoms with Gasteiger partial charge in [0.2, 0.25) is 0 Å². The maximum absolute atomic E-state index is 6.18. The Morgan fingerprint density at radius 3 is 2.38 bits per heavy atom. The Hall–Kier alpha value is 0.310. The van der Waals surface area contributed by atoms with Gasteiger partial charge in [0, 0.05) is 11.8 Å². The molecule has 0 heterocycles. The van der Waals surface area contributed by atoms with Crippen LogP contribution in [0.15, 0.2) is 0 Å². The Kier molecular flexibility index (Phi) is 5.88. The fraction of sp³-hybridized carbons (Fsp3) is 1.00. The normalized spacial score (nSPS) is 22.6. The zero-order valence-corrected chi connectivity index (χ0v) is 9.61. The second-order valence-electron chi connectivity index (χ2n) is 4.07. The van der Waals surface area contributed by atoms with Gasteiger partial charge in [0.25, 0.3) is 0 Å². The molecular formula is C11H23NS. The van der Waals surface area contributed by atoms with Gasteiger partial charge in [0.1, 0.15) is 0 Å². The summed E-state index contributed by atoms with van der Waals surface area (Å²) < 4.78 is 0. The molecule has 1 aliphatic carbocycles. The highest BCUT2D eigenvalue weighted by atomic mass is 32.2. The van der Waals surface area contributed by atoms with E-state index < -0.39 is 0 Å². The van der Waals surface area contributed by atoms with Crippen molar-refractivity contribution in [3.05, 3.63) is 0 Å². The summed E-state index contributed by atoms with van der Waals surface area (Å²) in [5, 5.41) is 0. The molecule has 1 rings (SSSR count). The van der Waals surface area contributed by atoms with Gasteiger partial charge in [-0.2, -0.15) is 11.8 Å².